The summed E-state index contributed by atoms with van der Waals surface area (Å²) < 4.78 is 26.5. The second-order valence-corrected chi connectivity index (χ2v) is 8.92. The molecule has 1 aliphatic rings. The van der Waals surface area contributed by atoms with Gasteiger partial charge in [0.25, 0.3) is 0 Å². The summed E-state index contributed by atoms with van der Waals surface area (Å²) in [6, 6.07) is 3.19. The molecule has 0 spiro atoms. The Morgan fingerprint density at radius 1 is 1.24 bits per heavy atom. The summed E-state index contributed by atoms with van der Waals surface area (Å²) in [4.78, 5) is 25.5. The Morgan fingerprint density at radius 3 is 2.84 bits per heavy atom. The van der Waals surface area contributed by atoms with Crippen molar-refractivity contribution >= 4 is 33.2 Å². The molecule has 25 heavy (non-hydrogen) atoms. The molecule has 0 aromatic carbocycles. The molecule has 2 rings (SSSR count). The van der Waals surface area contributed by atoms with Gasteiger partial charge in [-0.2, -0.15) is 0 Å². The number of likely N-dealkylation sites (tertiary alicyclic amines) is 1. The zero-order valence-electron chi connectivity index (χ0n) is 14.2. The van der Waals surface area contributed by atoms with Gasteiger partial charge in [0.15, 0.2) is 0 Å². The zero-order chi connectivity index (χ0) is 18.1. The van der Waals surface area contributed by atoms with Gasteiger partial charge in [-0.15, -0.1) is 11.3 Å². The van der Waals surface area contributed by atoms with Crippen LogP contribution in [0.1, 0.15) is 38.5 Å². The van der Waals surface area contributed by atoms with E-state index in [1.165, 1.54) is 6.07 Å². The predicted octanol–water partition coefficient (Wildman–Crippen LogP) is 1.33. The quantitative estimate of drug-likeness (QED) is 0.625. The lowest BCUT2D eigenvalue weighted by molar-refractivity contribution is -0.130. The number of rotatable bonds is 9. The van der Waals surface area contributed by atoms with Crippen molar-refractivity contribution in [3.05, 3.63) is 17.5 Å². The highest BCUT2D eigenvalue weighted by molar-refractivity contribution is 7.91. The molecule has 1 aromatic rings. The van der Waals surface area contributed by atoms with Gasteiger partial charge in [0, 0.05) is 39.0 Å². The first kappa shape index (κ1) is 19.9. The minimum atomic E-state index is -3.52. The third-order valence-electron chi connectivity index (χ3n) is 4.00. The molecule has 0 bridgehead atoms. The summed E-state index contributed by atoms with van der Waals surface area (Å²) in [5, 5.41) is 4.46. The molecule has 1 fully saturated rings. The molecule has 0 radical (unpaired) electrons. The molecule has 2 N–H and O–H groups in total. The lowest BCUT2D eigenvalue weighted by atomic mass is 10.2. The van der Waals surface area contributed by atoms with Crippen LogP contribution in [0.15, 0.2) is 21.7 Å². The molecular formula is C16H25N3O4S2. The van der Waals surface area contributed by atoms with Crippen LogP contribution < -0.4 is 10.0 Å². The third-order valence-corrected chi connectivity index (χ3v) is 6.86. The van der Waals surface area contributed by atoms with E-state index in [-0.39, 0.29) is 29.0 Å². The van der Waals surface area contributed by atoms with Crippen LogP contribution in [0.4, 0.5) is 0 Å². The highest BCUT2D eigenvalue weighted by atomic mass is 32.2. The molecule has 2 amide bonds. The van der Waals surface area contributed by atoms with Crippen molar-refractivity contribution in [1.82, 2.24) is 14.9 Å². The van der Waals surface area contributed by atoms with Crippen LogP contribution in [0.25, 0.3) is 0 Å². The van der Waals surface area contributed by atoms with Crippen molar-refractivity contribution in [3.63, 3.8) is 0 Å². The average Bonchev–Trinajstić information content (AvgIpc) is 3.04. The second-order valence-electron chi connectivity index (χ2n) is 5.97. The lowest BCUT2D eigenvalue weighted by Crippen LogP contribution is -2.35. The zero-order valence-corrected chi connectivity index (χ0v) is 15.8. The molecule has 7 nitrogen and oxygen atoms in total. The number of sulfonamides is 1. The van der Waals surface area contributed by atoms with Crippen LogP contribution in [0.2, 0.25) is 0 Å². The maximum Gasteiger partial charge on any atom is 0.250 e. The van der Waals surface area contributed by atoms with Gasteiger partial charge in [0.1, 0.15) is 4.21 Å². The van der Waals surface area contributed by atoms with Crippen LogP contribution in [-0.2, 0) is 19.6 Å². The Balaban J connectivity index is 1.59. The Labute approximate surface area is 152 Å². The molecule has 1 saturated heterocycles. The summed E-state index contributed by atoms with van der Waals surface area (Å²) >= 11 is 1.14. The van der Waals surface area contributed by atoms with E-state index >= 15 is 0 Å². The molecular weight excluding hydrogens is 362 g/mol. The normalized spacial score (nSPS) is 15.8. The molecule has 0 unspecified atom stereocenters. The molecule has 1 aliphatic heterocycles. The van der Waals surface area contributed by atoms with Crippen molar-refractivity contribution in [2.45, 2.75) is 42.7 Å². The Bertz CT molecular complexity index is 659. The molecule has 9 heteroatoms. The van der Waals surface area contributed by atoms with Crippen LogP contribution >= 0.6 is 11.3 Å². The van der Waals surface area contributed by atoms with Crippen LogP contribution in [0, 0.1) is 0 Å². The number of carbonyl (C=O) groups excluding carboxylic acids is 2. The molecule has 0 aliphatic carbocycles. The van der Waals surface area contributed by atoms with Crippen molar-refractivity contribution in [1.29, 1.82) is 0 Å². The van der Waals surface area contributed by atoms with E-state index in [0.29, 0.717) is 25.9 Å². The van der Waals surface area contributed by atoms with E-state index in [2.05, 4.69) is 10.0 Å². The van der Waals surface area contributed by atoms with E-state index in [9.17, 15) is 18.0 Å². The molecule has 2 heterocycles. The van der Waals surface area contributed by atoms with Crippen molar-refractivity contribution < 1.29 is 18.0 Å². The maximum atomic E-state index is 11.9. The number of carbonyl (C=O) groups is 2. The van der Waals surface area contributed by atoms with Gasteiger partial charge >= 0.3 is 0 Å². The Morgan fingerprint density at radius 2 is 2.08 bits per heavy atom. The maximum absolute atomic E-state index is 11.9. The molecule has 140 valence electrons. The number of amides is 2. The summed E-state index contributed by atoms with van der Waals surface area (Å²) in [5.41, 5.74) is 0. The largest absolute Gasteiger partial charge is 0.356 e. The van der Waals surface area contributed by atoms with Crippen LogP contribution in [0.3, 0.4) is 0 Å². The summed E-state index contributed by atoms with van der Waals surface area (Å²) in [7, 11) is -3.52. The van der Waals surface area contributed by atoms with Gasteiger partial charge in [-0.3, -0.25) is 9.59 Å². The smallest absolute Gasteiger partial charge is 0.250 e. The van der Waals surface area contributed by atoms with Gasteiger partial charge in [0.05, 0.1) is 0 Å². The molecule has 0 saturated carbocycles. The fourth-order valence-corrected chi connectivity index (χ4v) is 4.72. The number of nitrogens with zero attached hydrogens (tertiary/aromatic N) is 1. The first-order chi connectivity index (χ1) is 12.0. The summed E-state index contributed by atoms with van der Waals surface area (Å²) in [6.07, 6.45) is 4.53. The summed E-state index contributed by atoms with van der Waals surface area (Å²) in [5.74, 6) is 0.00267. The Hall–Kier alpha value is -1.45. The minimum Gasteiger partial charge on any atom is -0.356 e. The standard InChI is InChI=1S/C16H25N3O4S2/c20-14(8-10-18-25(22,23)16-7-4-13-24-16)17-9-5-12-19-11-3-1-2-6-15(19)21/h4,7,13,18H,1-3,5-6,8-12H2,(H,17,20). The molecule has 1 aromatic heterocycles. The van der Waals surface area contributed by atoms with Crippen LogP contribution in [-0.4, -0.2) is 51.3 Å². The van der Waals surface area contributed by atoms with Gasteiger partial charge in [0.2, 0.25) is 21.8 Å². The minimum absolute atomic E-state index is 0.0661. The van der Waals surface area contributed by atoms with Gasteiger partial charge < -0.3 is 10.2 Å². The number of nitrogens with one attached hydrogen (secondary N) is 2. The SMILES string of the molecule is O=C(CCNS(=O)(=O)c1cccs1)NCCCN1CCCCCC1=O. The predicted molar refractivity (Wildman–Crippen MR) is 96.8 cm³/mol. The van der Waals surface area contributed by atoms with Gasteiger partial charge in [-0.25, -0.2) is 13.1 Å². The van der Waals surface area contributed by atoms with Crippen LogP contribution in [0.5, 0.6) is 0 Å². The topological polar surface area (TPSA) is 95.6 Å². The highest BCUT2D eigenvalue weighted by Crippen LogP contribution is 2.15. The fourth-order valence-electron chi connectivity index (χ4n) is 2.65. The monoisotopic (exact) mass is 387 g/mol. The van der Waals surface area contributed by atoms with Crippen molar-refractivity contribution in [2.75, 3.05) is 26.2 Å². The first-order valence-corrected chi connectivity index (χ1v) is 10.9. The summed E-state index contributed by atoms with van der Waals surface area (Å²) in [6.45, 7) is 2.01. The van der Waals surface area contributed by atoms with Gasteiger partial charge in [-0.05, 0) is 30.7 Å². The fraction of sp³-hybridized carbons (Fsp3) is 0.625. The van der Waals surface area contributed by atoms with Crippen molar-refractivity contribution in [3.8, 4) is 0 Å². The number of hydrogen-bond acceptors (Lipinski definition) is 5. The third kappa shape index (κ3) is 6.75. The lowest BCUT2D eigenvalue weighted by Gasteiger charge is -2.20. The van der Waals surface area contributed by atoms with Crippen molar-refractivity contribution in [2.24, 2.45) is 0 Å². The van der Waals surface area contributed by atoms with E-state index in [1.807, 2.05) is 4.90 Å². The van der Waals surface area contributed by atoms with E-state index < -0.39 is 10.0 Å². The highest BCUT2D eigenvalue weighted by Gasteiger charge is 2.16. The number of hydrogen-bond donors (Lipinski definition) is 2. The average molecular weight is 388 g/mol. The Kier molecular flexibility index (Phi) is 7.86. The van der Waals surface area contributed by atoms with Gasteiger partial charge in [-0.1, -0.05) is 12.5 Å². The van der Waals surface area contributed by atoms with E-state index in [0.717, 1.165) is 37.1 Å². The second kappa shape index (κ2) is 9.88. The van der Waals surface area contributed by atoms with E-state index in [1.54, 1.807) is 11.4 Å². The molecule has 0 atom stereocenters. The first-order valence-electron chi connectivity index (χ1n) is 8.57. The number of thiophene rings is 1. The van der Waals surface area contributed by atoms with E-state index in [4.69, 9.17) is 0 Å².